The van der Waals surface area contributed by atoms with E-state index in [1.807, 2.05) is 39.0 Å². The van der Waals surface area contributed by atoms with Crippen LogP contribution in [0.5, 0.6) is 0 Å². The summed E-state index contributed by atoms with van der Waals surface area (Å²) in [5.74, 6) is -1.12. The van der Waals surface area contributed by atoms with Crippen molar-refractivity contribution in [2.45, 2.75) is 77.5 Å². The summed E-state index contributed by atoms with van der Waals surface area (Å²) in [5, 5.41) is 19.0. The number of ketones is 1. The number of hydrogen-bond acceptors (Lipinski definition) is 6. The van der Waals surface area contributed by atoms with E-state index >= 15 is 0 Å². The van der Waals surface area contributed by atoms with E-state index in [1.165, 1.54) is 0 Å². The third-order valence-electron chi connectivity index (χ3n) is 6.28. The molecule has 0 amide bonds. The second kappa shape index (κ2) is 9.76. The largest absolute Gasteiger partial charge is 0.392 e. The first-order chi connectivity index (χ1) is 14.7. The van der Waals surface area contributed by atoms with Crippen molar-refractivity contribution in [1.29, 1.82) is 0 Å². The topological polar surface area (TPSA) is 85.2 Å². The van der Waals surface area contributed by atoms with Crippen molar-refractivity contribution in [3.05, 3.63) is 58.7 Å². The summed E-state index contributed by atoms with van der Waals surface area (Å²) in [6.07, 6.45) is 9.31. The number of aliphatic hydroxyl groups is 1. The van der Waals surface area contributed by atoms with Crippen LogP contribution in [-0.4, -0.2) is 46.9 Å². The zero-order valence-corrected chi connectivity index (χ0v) is 18.9. The number of carbonyl (C=O) groups excluding carboxylic acids is 1. The fraction of sp³-hybridized carbons (Fsp3) is 0.560. The molecule has 2 aliphatic heterocycles. The van der Waals surface area contributed by atoms with E-state index in [9.17, 15) is 9.90 Å². The van der Waals surface area contributed by atoms with Crippen molar-refractivity contribution in [3.8, 4) is 0 Å². The Morgan fingerprint density at radius 2 is 2.06 bits per heavy atom. The molecule has 0 fully saturated rings. The second-order valence-electron chi connectivity index (χ2n) is 9.11. The minimum absolute atomic E-state index is 0.0905. The zero-order valence-electron chi connectivity index (χ0n) is 18.9. The number of Topliss-reactive ketones (excluding diaryl/α,β-unsaturated/α-hetero) is 1. The zero-order chi connectivity index (χ0) is 22.8. The molecule has 0 aromatic carbocycles. The average molecular weight is 431 g/mol. The van der Waals surface area contributed by atoms with Gasteiger partial charge in [-0.15, -0.1) is 0 Å². The Morgan fingerprint density at radius 3 is 2.71 bits per heavy atom. The Labute approximate surface area is 184 Å². The standard InChI is InChI=1S/C25H34O6/c1-15(2)23(31-28)7-6-16(3)8-20-9-17(4)12-25(29-20)13-19(14-26)21-11-22(27)18(5)10-24(21)30-25/h8,10,12-13,20-21,23-24,26,28H,1,6-7,9,11,14H2,2-5H3. The highest BCUT2D eigenvalue weighted by atomic mass is 17.1. The summed E-state index contributed by atoms with van der Waals surface area (Å²) in [6.45, 7) is 11.4. The van der Waals surface area contributed by atoms with E-state index in [4.69, 9.17) is 14.7 Å². The van der Waals surface area contributed by atoms with Crippen molar-refractivity contribution >= 4 is 5.78 Å². The summed E-state index contributed by atoms with van der Waals surface area (Å²) >= 11 is 0. The summed E-state index contributed by atoms with van der Waals surface area (Å²) in [4.78, 5) is 16.7. The lowest BCUT2D eigenvalue weighted by atomic mass is 9.79. The smallest absolute Gasteiger partial charge is 0.209 e. The van der Waals surface area contributed by atoms with Gasteiger partial charge >= 0.3 is 0 Å². The molecule has 2 N–H and O–H groups in total. The molecule has 1 aliphatic carbocycles. The number of ether oxygens (including phenoxy) is 2. The summed E-state index contributed by atoms with van der Waals surface area (Å²) in [7, 11) is 0. The van der Waals surface area contributed by atoms with Crippen molar-refractivity contribution in [2.24, 2.45) is 5.92 Å². The monoisotopic (exact) mass is 430 g/mol. The highest BCUT2D eigenvalue weighted by Gasteiger charge is 2.45. The van der Waals surface area contributed by atoms with Crippen LogP contribution in [-0.2, 0) is 19.2 Å². The molecule has 2 heterocycles. The van der Waals surface area contributed by atoms with Gasteiger partial charge in [0.1, 0.15) is 6.10 Å². The highest BCUT2D eigenvalue weighted by Crippen LogP contribution is 2.42. The van der Waals surface area contributed by atoms with E-state index in [2.05, 4.69) is 17.5 Å². The fourth-order valence-corrected chi connectivity index (χ4v) is 4.58. The molecule has 6 heteroatoms. The van der Waals surface area contributed by atoms with E-state index in [0.717, 1.165) is 35.1 Å². The molecule has 3 aliphatic rings. The number of rotatable bonds is 7. The summed E-state index contributed by atoms with van der Waals surface area (Å²) in [5.41, 5.74) is 4.51. The normalized spacial score (nSPS) is 32.2. The maximum atomic E-state index is 12.2. The van der Waals surface area contributed by atoms with Crippen LogP contribution in [0.25, 0.3) is 0 Å². The number of carbonyl (C=O) groups is 1. The Balaban J connectivity index is 1.80. The third kappa shape index (κ3) is 5.51. The molecule has 6 nitrogen and oxygen atoms in total. The lowest BCUT2D eigenvalue weighted by Gasteiger charge is -2.45. The number of aliphatic hydroxyl groups excluding tert-OH is 1. The number of hydrogen-bond donors (Lipinski definition) is 2. The predicted molar refractivity (Wildman–Crippen MR) is 118 cm³/mol. The molecular weight excluding hydrogens is 396 g/mol. The van der Waals surface area contributed by atoms with Gasteiger partial charge in [-0.2, -0.15) is 0 Å². The first-order valence-corrected chi connectivity index (χ1v) is 10.9. The first kappa shape index (κ1) is 23.8. The quantitative estimate of drug-likeness (QED) is 0.353. The van der Waals surface area contributed by atoms with Gasteiger partial charge < -0.3 is 14.6 Å². The predicted octanol–water partition coefficient (Wildman–Crippen LogP) is 4.43. The van der Waals surface area contributed by atoms with Gasteiger partial charge in [0.05, 0.1) is 18.8 Å². The van der Waals surface area contributed by atoms with Crippen LogP contribution >= 0.6 is 0 Å². The Kier molecular flexibility index (Phi) is 7.50. The molecule has 0 aromatic rings. The molecule has 0 saturated carbocycles. The van der Waals surface area contributed by atoms with E-state index < -0.39 is 5.79 Å². The molecule has 0 bridgehead atoms. The Morgan fingerprint density at radius 1 is 1.32 bits per heavy atom. The van der Waals surface area contributed by atoms with Crippen LogP contribution in [0.1, 0.15) is 53.4 Å². The Hall–Kier alpha value is -1.83. The van der Waals surface area contributed by atoms with Gasteiger partial charge in [0.15, 0.2) is 5.78 Å². The second-order valence-corrected chi connectivity index (χ2v) is 9.11. The summed E-state index contributed by atoms with van der Waals surface area (Å²) < 4.78 is 12.8. The molecule has 5 unspecified atom stereocenters. The minimum Gasteiger partial charge on any atom is -0.392 e. The first-order valence-electron chi connectivity index (χ1n) is 10.9. The maximum Gasteiger partial charge on any atom is 0.209 e. The van der Waals surface area contributed by atoms with Crippen LogP contribution in [0.2, 0.25) is 0 Å². The third-order valence-corrected chi connectivity index (χ3v) is 6.28. The van der Waals surface area contributed by atoms with E-state index in [1.54, 1.807) is 6.92 Å². The van der Waals surface area contributed by atoms with Crippen molar-refractivity contribution in [1.82, 2.24) is 0 Å². The SMILES string of the molecule is C=C(C)C(CCC(C)=CC1CC(C)=CC2(C=C(CO)C3CC(=O)C(C)=CC3O2)O1)OO. The molecule has 170 valence electrons. The minimum atomic E-state index is -1.06. The van der Waals surface area contributed by atoms with Gasteiger partial charge in [0.25, 0.3) is 0 Å². The van der Waals surface area contributed by atoms with Crippen LogP contribution < -0.4 is 0 Å². The number of fused-ring (bicyclic) bond motifs is 1. The number of allylic oxidation sites excluding steroid dienone is 2. The van der Waals surface area contributed by atoms with Crippen molar-refractivity contribution in [2.75, 3.05) is 6.61 Å². The molecule has 1 spiro atoms. The van der Waals surface area contributed by atoms with Gasteiger partial charge in [0.2, 0.25) is 5.79 Å². The Bertz CT molecular complexity index is 848. The molecule has 31 heavy (non-hydrogen) atoms. The van der Waals surface area contributed by atoms with Gasteiger partial charge in [-0.05, 0) is 81.9 Å². The van der Waals surface area contributed by atoms with Gasteiger partial charge in [0, 0.05) is 12.3 Å². The van der Waals surface area contributed by atoms with Gasteiger partial charge in [-0.3, -0.25) is 10.1 Å². The molecular formula is C25H34O6. The van der Waals surface area contributed by atoms with E-state index in [-0.39, 0.29) is 36.6 Å². The van der Waals surface area contributed by atoms with E-state index in [0.29, 0.717) is 18.4 Å². The molecule has 0 aromatic heterocycles. The molecule has 5 atom stereocenters. The lowest BCUT2D eigenvalue weighted by molar-refractivity contribution is -0.269. The lowest BCUT2D eigenvalue weighted by Crippen LogP contribution is -2.49. The van der Waals surface area contributed by atoms with Gasteiger partial charge in [-0.1, -0.05) is 23.8 Å². The molecule has 3 rings (SSSR count). The van der Waals surface area contributed by atoms with Crippen molar-refractivity contribution < 1.29 is 29.5 Å². The van der Waals surface area contributed by atoms with Gasteiger partial charge in [-0.25, -0.2) is 4.89 Å². The van der Waals surface area contributed by atoms with Crippen LogP contribution in [0.4, 0.5) is 0 Å². The fourth-order valence-electron chi connectivity index (χ4n) is 4.58. The van der Waals surface area contributed by atoms with Crippen LogP contribution in [0.15, 0.2) is 58.7 Å². The van der Waals surface area contributed by atoms with Crippen LogP contribution in [0, 0.1) is 5.92 Å². The highest BCUT2D eigenvalue weighted by molar-refractivity contribution is 5.96. The van der Waals surface area contributed by atoms with Crippen molar-refractivity contribution in [3.63, 3.8) is 0 Å². The maximum absolute atomic E-state index is 12.2. The summed E-state index contributed by atoms with van der Waals surface area (Å²) in [6, 6.07) is 0. The van der Waals surface area contributed by atoms with Crippen LogP contribution in [0.3, 0.4) is 0 Å². The molecule has 0 radical (unpaired) electrons. The molecule has 0 saturated heterocycles. The average Bonchev–Trinajstić information content (AvgIpc) is 2.68.